The number of halogens is 1. The minimum atomic E-state index is -0.000394. The summed E-state index contributed by atoms with van der Waals surface area (Å²) in [4.78, 5) is 6.19. The number of rotatable bonds is 8. The fourth-order valence-electron chi connectivity index (χ4n) is 3.62. The van der Waals surface area contributed by atoms with Gasteiger partial charge in [-0.15, -0.1) is 0 Å². The van der Waals surface area contributed by atoms with E-state index in [9.17, 15) is 0 Å². The van der Waals surface area contributed by atoms with Gasteiger partial charge in [0.2, 0.25) is 0 Å². The third-order valence-corrected chi connectivity index (χ3v) is 4.29. The minimum Gasteiger partial charge on any atom is -1.00 e. The van der Waals surface area contributed by atoms with Gasteiger partial charge in [-0.2, -0.15) is 4.65 Å². The van der Waals surface area contributed by atoms with Gasteiger partial charge in [-0.05, 0) is 18.8 Å². The molecule has 0 atom stereocenters. The van der Waals surface area contributed by atoms with Crippen molar-refractivity contribution in [3.63, 3.8) is 0 Å². The van der Waals surface area contributed by atoms with E-state index in [1.165, 1.54) is 5.56 Å². The lowest BCUT2D eigenvalue weighted by Gasteiger charge is -2.48. The van der Waals surface area contributed by atoms with Gasteiger partial charge in [0, 0.05) is 18.4 Å². The minimum absolute atomic E-state index is 0. The van der Waals surface area contributed by atoms with Gasteiger partial charge in [-0.25, -0.2) is 4.84 Å². The maximum atomic E-state index is 6.19. The van der Waals surface area contributed by atoms with Crippen molar-refractivity contribution in [1.82, 2.24) is 0 Å². The monoisotopic (exact) mass is 327 g/mol. The number of benzene rings is 1. The van der Waals surface area contributed by atoms with Crippen LogP contribution in [0, 0.1) is 11.8 Å². The van der Waals surface area contributed by atoms with E-state index < -0.39 is 0 Å². The van der Waals surface area contributed by atoms with Gasteiger partial charge < -0.3 is 12.4 Å². The van der Waals surface area contributed by atoms with Crippen LogP contribution in [0.5, 0.6) is 0 Å². The molecule has 0 radical (unpaired) electrons. The van der Waals surface area contributed by atoms with E-state index in [4.69, 9.17) is 4.84 Å². The lowest BCUT2D eigenvalue weighted by molar-refractivity contribution is -1.12. The molecule has 2 nitrogen and oxygen atoms in total. The van der Waals surface area contributed by atoms with Crippen molar-refractivity contribution in [2.24, 2.45) is 11.8 Å². The molecule has 1 aromatic rings. The van der Waals surface area contributed by atoms with Crippen molar-refractivity contribution >= 4 is 0 Å². The second-order valence-corrected chi connectivity index (χ2v) is 7.36. The molecule has 22 heavy (non-hydrogen) atoms. The summed E-state index contributed by atoms with van der Waals surface area (Å²) in [5.74, 6) is 1.25. The summed E-state index contributed by atoms with van der Waals surface area (Å²) in [7, 11) is 4.42. The molecule has 0 aliphatic rings. The van der Waals surface area contributed by atoms with Crippen molar-refractivity contribution in [3.8, 4) is 0 Å². The van der Waals surface area contributed by atoms with E-state index in [0.717, 1.165) is 19.4 Å². The Kier molecular flexibility index (Phi) is 8.67. The van der Waals surface area contributed by atoms with Gasteiger partial charge in [0.1, 0.15) is 6.61 Å². The highest BCUT2D eigenvalue weighted by molar-refractivity contribution is 5.22. The third kappa shape index (κ3) is 4.97. The van der Waals surface area contributed by atoms with Crippen LogP contribution in [0.2, 0.25) is 0 Å². The van der Waals surface area contributed by atoms with E-state index in [2.05, 4.69) is 79.0 Å². The molecule has 3 heteroatoms. The summed E-state index contributed by atoms with van der Waals surface area (Å²) >= 11 is 0. The first-order chi connectivity index (χ1) is 9.75. The topological polar surface area (TPSA) is 9.23 Å². The average molecular weight is 328 g/mol. The van der Waals surface area contributed by atoms with E-state index >= 15 is 0 Å². The molecular weight excluding hydrogens is 294 g/mol. The van der Waals surface area contributed by atoms with E-state index in [-0.39, 0.29) is 17.9 Å². The Morgan fingerprint density at radius 1 is 0.955 bits per heavy atom. The van der Waals surface area contributed by atoms with Crippen LogP contribution in [0.25, 0.3) is 0 Å². The van der Waals surface area contributed by atoms with E-state index in [0.29, 0.717) is 16.5 Å². The summed E-state index contributed by atoms with van der Waals surface area (Å²) in [6.07, 6.45) is 2.25. The molecule has 1 aromatic carbocycles. The molecule has 0 aliphatic heterocycles. The standard InChI is InChI=1S/C19H34NO.ClH/c1-8-21-20(6,7)19(14-16(2)3,15-17(4)5)18-12-10-9-11-13-18;/h9-13,16-17H,8,14-15H2,1-7H3;1H/q+1;/p-1. The first-order valence-corrected chi connectivity index (χ1v) is 8.29. The molecule has 0 heterocycles. The maximum absolute atomic E-state index is 6.19. The fraction of sp³-hybridized carbons (Fsp3) is 0.684. The van der Waals surface area contributed by atoms with Crippen molar-refractivity contribution in [2.45, 2.75) is 53.0 Å². The predicted octanol–water partition coefficient (Wildman–Crippen LogP) is 2.01. The van der Waals surface area contributed by atoms with Crippen LogP contribution in [0.15, 0.2) is 30.3 Å². The normalized spacial score (nSPS) is 12.6. The highest BCUT2D eigenvalue weighted by atomic mass is 35.5. The average Bonchev–Trinajstić information content (AvgIpc) is 2.37. The Hall–Kier alpha value is -0.570. The van der Waals surface area contributed by atoms with Crippen LogP contribution < -0.4 is 12.4 Å². The largest absolute Gasteiger partial charge is 1.00 e. The molecule has 0 aromatic heterocycles. The molecule has 0 spiro atoms. The highest BCUT2D eigenvalue weighted by Crippen LogP contribution is 2.43. The number of hydrogen-bond acceptors (Lipinski definition) is 1. The molecule has 0 unspecified atom stereocenters. The van der Waals surface area contributed by atoms with Crippen molar-refractivity contribution in [1.29, 1.82) is 0 Å². The summed E-state index contributed by atoms with van der Waals surface area (Å²) in [5.41, 5.74) is 1.39. The van der Waals surface area contributed by atoms with Crippen LogP contribution in [0.1, 0.15) is 53.0 Å². The highest BCUT2D eigenvalue weighted by Gasteiger charge is 2.49. The van der Waals surface area contributed by atoms with Crippen molar-refractivity contribution in [2.75, 3.05) is 20.7 Å². The van der Waals surface area contributed by atoms with Crippen LogP contribution in [-0.4, -0.2) is 25.3 Å². The Labute approximate surface area is 143 Å². The molecule has 128 valence electrons. The van der Waals surface area contributed by atoms with Crippen LogP contribution in [0.3, 0.4) is 0 Å². The van der Waals surface area contributed by atoms with Gasteiger partial charge in [-0.3, -0.25) is 0 Å². The van der Waals surface area contributed by atoms with Crippen molar-refractivity contribution in [3.05, 3.63) is 35.9 Å². The van der Waals surface area contributed by atoms with Gasteiger partial charge in [0.05, 0.1) is 14.1 Å². The zero-order chi connectivity index (χ0) is 16.1. The number of quaternary nitrogens is 1. The SMILES string of the molecule is CCO[N+](C)(C)C(CC(C)C)(CC(C)C)c1ccccc1.[Cl-]. The third-order valence-electron chi connectivity index (χ3n) is 4.29. The van der Waals surface area contributed by atoms with E-state index in [1.54, 1.807) is 0 Å². The van der Waals surface area contributed by atoms with Gasteiger partial charge in [0.15, 0.2) is 5.54 Å². The lowest BCUT2D eigenvalue weighted by atomic mass is 9.75. The van der Waals surface area contributed by atoms with Gasteiger partial charge >= 0.3 is 0 Å². The first-order valence-electron chi connectivity index (χ1n) is 8.29. The molecule has 0 bridgehead atoms. The van der Waals surface area contributed by atoms with Crippen LogP contribution in [0.4, 0.5) is 0 Å². The number of hydroxylamine groups is 3. The summed E-state index contributed by atoms with van der Waals surface area (Å²) < 4.78 is 0.587. The summed E-state index contributed by atoms with van der Waals surface area (Å²) in [6, 6.07) is 10.9. The van der Waals surface area contributed by atoms with Gasteiger partial charge in [-0.1, -0.05) is 58.0 Å². The Bertz CT molecular complexity index is 405. The van der Waals surface area contributed by atoms with Crippen LogP contribution >= 0.6 is 0 Å². The Balaban J connectivity index is 0.00000441. The summed E-state index contributed by atoms with van der Waals surface area (Å²) in [6.45, 7) is 12.1. The first kappa shape index (κ1) is 21.4. The number of nitrogens with zero attached hydrogens (tertiary/aromatic N) is 1. The molecular formula is C19H34ClNO. The quantitative estimate of drug-likeness (QED) is 0.524. The number of hydrogen-bond donors (Lipinski definition) is 0. The maximum Gasteiger partial charge on any atom is 0.154 e. The van der Waals surface area contributed by atoms with Crippen LogP contribution in [-0.2, 0) is 10.4 Å². The Morgan fingerprint density at radius 3 is 1.77 bits per heavy atom. The van der Waals surface area contributed by atoms with Crippen molar-refractivity contribution < 1.29 is 21.9 Å². The Morgan fingerprint density at radius 2 is 1.41 bits per heavy atom. The molecule has 0 amide bonds. The smallest absolute Gasteiger partial charge is 0.154 e. The molecule has 1 rings (SSSR count). The molecule has 0 fully saturated rings. The second-order valence-electron chi connectivity index (χ2n) is 7.36. The summed E-state index contributed by atoms with van der Waals surface area (Å²) in [5, 5.41) is 0. The zero-order valence-corrected chi connectivity index (χ0v) is 16.2. The molecule has 0 aliphatic carbocycles. The predicted molar refractivity (Wildman–Crippen MR) is 90.8 cm³/mol. The molecule has 0 saturated heterocycles. The zero-order valence-electron chi connectivity index (χ0n) is 15.4. The van der Waals surface area contributed by atoms with Gasteiger partial charge in [0.25, 0.3) is 0 Å². The fourth-order valence-corrected chi connectivity index (χ4v) is 3.62. The second kappa shape index (κ2) is 8.90. The van der Waals surface area contributed by atoms with E-state index in [1.807, 2.05) is 0 Å². The lowest BCUT2D eigenvalue weighted by Crippen LogP contribution is -3.00. The molecule has 0 N–H and O–H groups in total. The molecule has 0 saturated carbocycles.